The third-order valence-corrected chi connectivity index (χ3v) is 5.27. The van der Waals surface area contributed by atoms with E-state index < -0.39 is 0 Å². The third-order valence-electron chi connectivity index (χ3n) is 2.81. The van der Waals surface area contributed by atoms with Crippen LogP contribution >= 0.6 is 35.3 Å². The van der Waals surface area contributed by atoms with Crippen LogP contribution in [0.15, 0.2) is 24.5 Å². The first-order chi connectivity index (χ1) is 9.61. The Bertz CT molecular complexity index is 581. The van der Waals surface area contributed by atoms with Gasteiger partial charge in [-0.3, -0.25) is 4.98 Å². The lowest BCUT2D eigenvalue weighted by atomic mass is 10.2. The molecule has 0 amide bonds. The first kappa shape index (κ1) is 15.4. The zero-order valence-corrected chi connectivity index (χ0v) is 14.2. The molecule has 0 spiro atoms. The second kappa shape index (κ2) is 7.15. The van der Waals surface area contributed by atoms with Gasteiger partial charge < -0.3 is 5.32 Å². The zero-order chi connectivity index (χ0) is 14.5. The van der Waals surface area contributed by atoms with Crippen molar-refractivity contribution in [2.45, 2.75) is 13.8 Å². The summed E-state index contributed by atoms with van der Waals surface area (Å²) >= 11 is 8.88. The van der Waals surface area contributed by atoms with Crippen molar-refractivity contribution in [3.05, 3.63) is 30.2 Å². The molecule has 0 radical (unpaired) electrons. The summed E-state index contributed by atoms with van der Waals surface area (Å²) in [7, 11) is 0. The van der Waals surface area contributed by atoms with E-state index in [9.17, 15) is 0 Å². The quantitative estimate of drug-likeness (QED) is 0.833. The SMILES string of the molecule is CSCC(C)C(=S)Nc1sc(-c2cccnc2)nc1C. The van der Waals surface area contributed by atoms with Crippen LogP contribution in [0.4, 0.5) is 5.00 Å². The molecule has 2 aromatic heterocycles. The third kappa shape index (κ3) is 3.77. The van der Waals surface area contributed by atoms with Crippen molar-refractivity contribution in [3.8, 4) is 10.6 Å². The van der Waals surface area contributed by atoms with Crippen LogP contribution in [0.2, 0.25) is 0 Å². The number of nitrogens with one attached hydrogen (secondary N) is 1. The summed E-state index contributed by atoms with van der Waals surface area (Å²) in [5.41, 5.74) is 2.02. The van der Waals surface area contributed by atoms with Gasteiger partial charge in [-0.15, -0.1) is 0 Å². The highest BCUT2D eigenvalue weighted by molar-refractivity contribution is 7.98. The molecule has 0 bridgehead atoms. The highest BCUT2D eigenvalue weighted by atomic mass is 32.2. The predicted molar refractivity (Wildman–Crippen MR) is 93.8 cm³/mol. The van der Waals surface area contributed by atoms with Gasteiger partial charge in [0, 0.05) is 29.6 Å². The van der Waals surface area contributed by atoms with E-state index in [4.69, 9.17) is 12.2 Å². The van der Waals surface area contributed by atoms with Crippen LogP contribution in [-0.4, -0.2) is 27.0 Å². The standard InChI is InChI=1S/C14H17N3S3/c1-9(8-19-3)12(18)17-13-10(2)16-14(20-13)11-5-4-6-15-7-11/h4-7,9H,8H2,1-3H3,(H,17,18). The minimum Gasteiger partial charge on any atom is -0.340 e. The van der Waals surface area contributed by atoms with Crippen molar-refractivity contribution in [1.82, 2.24) is 9.97 Å². The maximum Gasteiger partial charge on any atom is 0.127 e. The first-order valence-corrected chi connectivity index (χ1v) is 8.91. The fraction of sp³-hybridized carbons (Fsp3) is 0.357. The molecule has 1 atom stereocenters. The molecule has 0 aromatic carbocycles. The molecule has 0 aliphatic rings. The Morgan fingerprint density at radius 1 is 1.55 bits per heavy atom. The van der Waals surface area contributed by atoms with E-state index in [1.165, 1.54) is 0 Å². The van der Waals surface area contributed by atoms with Crippen molar-refractivity contribution in [3.63, 3.8) is 0 Å². The van der Waals surface area contributed by atoms with E-state index in [0.717, 1.165) is 32.0 Å². The van der Waals surface area contributed by atoms with Crippen LogP contribution in [0, 0.1) is 12.8 Å². The number of thioether (sulfide) groups is 1. The Balaban J connectivity index is 2.14. The maximum atomic E-state index is 5.45. The maximum absolute atomic E-state index is 5.45. The van der Waals surface area contributed by atoms with E-state index in [-0.39, 0.29) is 0 Å². The summed E-state index contributed by atoms with van der Waals surface area (Å²) in [6.45, 7) is 4.14. The van der Waals surface area contributed by atoms with E-state index in [0.29, 0.717) is 5.92 Å². The molecule has 3 nitrogen and oxygen atoms in total. The lowest BCUT2D eigenvalue weighted by Gasteiger charge is -2.12. The second-order valence-electron chi connectivity index (χ2n) is 4.52. The molecule has 106 valence electrons. The number of anilines is 1. The van der Waals surface area contributed by atoms with Crippen molar-refractivity contribution in [2.75, 3.05) is 17.3 Å². The highest BCUT2D eigenvalue weighted by Crippen LogP contribution is 2.31. The first-order valence-electron chi connectivity index (χ1n) is 6.29. The molecule has 0 aliphatic heterocycles. The van der Waals surface area contributed by atoms with Crippen LogP contribution < -0.4 is 5.32 Å². The Labute approximate surface area is 133 Å². The van der Waals surface area contributed by atoms with Crippen molar-refractivity contribution < 1.29 is 0 Å². The van der Waals surface area contributed by atoms with E-state index in [2.05, 4.69) is 28.5 Å². The molecule has 0 fully saturated rings. The lowest BCUT2D eigenvalue weighted by Crippen LogP contribution is -2.19. The number of hydrogen-bond acceptors (Lipinski definition) is 5. The summed E-state index contributed by atoms with van der Waals surface area (Å²) in [5, 5.41) is 5.34. The Morgan fingerprint density at radius 2 is 2.35 bits per heavy atom. The summed E-state index contributed by atoms with van der Waals surface area (Å²) in [5.74, 6) is 1.39. The molecule has 2 rings (SSSR count). The monoisotopic (exact) mass is 323 g/mol. The van der Waals surface area contributed by atoms with Crippen LogP contribution in [-0.2, 0) is 0 Å². The molecule has 1 unspecified atom stereocenters. The van der Waals surface area contributed by atoms with Gasteiger partial charge in [0.2, 0.25) is 0 Å². The summed E-state index contributed by atoms with van der Waals surface area (Å²) < 4.78 is 0. The van der Waals surface area contributed by atoms with Gasteiger partial charge in [-0.05, 0) is 25.3 Å². The molecule has 0 saturated heterocycles. The number of aromatic nitrogens is 2. The van der Waals surface area contributed by atoms with Gasteiger partial charge in [0.05, 0.1) is 10.7 Å². The lowest BCUT2D eigenvalue weighted by molar-refractivity contribution is 0.915. The van der Waals surface area contributed by atoms with Gasteiger partial charge in [0.25, 0.3) is 0 Å². The number of nitrogens with zero attached hydrogens (tertiary/aromatic N) is 2. The van der Waals surface area contributed by atoms with Gasteiger partial charge in [0.15, 0.2) is 0 Å². The van der Waals surface area contributed by atoms with Crippen molar-refractivity contribution in [2.24, 2.45) is 5.92 Å². The number of hydrogen-bond donors (Lipinski definition) is 1. The van der Waals surface area contributed by atoms with Crippen molar-refractivity contribution in [1.29, 1.82) is 0 Å². The molecule has 0 aliphatic carbocycles. The summed E-state index contributed by atoms with van der Waals surface area (Å²) in [4.78, 5) is 9.60. The van der Waals surface area contributed by atoms with Crippen molar-refractivity contribution >= 4 is 45.3 Å². The summed E-state index contributed by atoms with van der Waals surface area (Å²) in [6.07, 6.45) is 5.69. The Morgan fingerprint density at radius 3 is 3.00 bits per heavy atom. The van der Waals surface area contributed by atoms with Crippen LogP contribution in [0.25, 0.3) is 10.6 Å². The number of pyridine rings is 1. The molecule has 1 N–H and O–H groups in total. The predicted octanol–water partition coefficient (Wildman–Crippen LogP) is 4.25. The highest BCUT2D eigenvalue weighted by Gasteiger charge is 2.13. The van der Waals surface area contributed by atoms with E-state index >= 15 is 0 Å². The largest absolute Gasteiger partial charge is 0.340 e. The Hall–Kier alpha value is -0.980. The minimum absolute atomic E-state index is 0.364. The number of thiazole rings is 1. The van der Waals surface area contributed by atoms with E-state index in [1.54, 1.807) is 29.3 Å². The molecule has 6 heteroatoms. The molecule has 20 heavy (non-hydrogen) atoms. The zero-order valence-electron chi connectivity index (χ0n) is 11.7. The normalized spacial score (nSPS) is 12.2. The second-order valence-corrected chi connectivity index (χ2v) is 6.87. The number of rotatable bonds is 5. The van der Waals surface area contributed by atoms with Gasteiger partial charge in [-0.25, -0.2) is 4.98 Å². The van der Waals surface area contributed by atoms with Gasteiger partial charge in [-0.1, -0.05) is 30.5 Å². The molecular formula is C14H17N3S3. The molecule has 2 heterocycles. The van der Waals surface area contributed by atoms with Gasteiger partial charge in [-0.2, -0.15) is 11.8 Å². The van der Waals surface area contributed by atoms with Crippen LogP contribution in [0.5, 0.6) is 0 Å². The smallest absolute Gasteiger partial charge is 0.127 e. The van der Waals surface area contributed by atoms with Gasteiger partial charge in [0.1, 0.15) is 10.0 Å². The molecule has 0 saturated carbocycles. The average Bonchev–Trinajstić information content (AvgIpc) is 2.81. The number of thiocarbonyl (C=S) groups is 1. The number of aryl methyl sites for hydroxylation is 1. The fourth-order valence-corrected chi connectivity index (χ4v) is 3.68. The van der Waals surface area contributed by atoms with E-state index in [1.807, 2.05) is 25.3 Å². The summed E-state index contributed by atoms with van der Waals surface area (Å²) in [6, 6.07) is 3.94. The topological polar surface area (TPSA) is 37.8 Å². The van der Waals surface area contributed by atoms with Crippen LogP contribution in [0.1, 0.15) is 12.6 Å². The average molecular weight is 324 g/mol. The minimum atomic E-state index is 0.364. The molecule has 2 aromatic rings. The fourth-order valence-electron chi connectivity index (χ4n) is 1.69. The van der Waals surface area contributed by atoms with Crippen LogP contribution in [0.3, 0.4) is 0 Å². The Kier molecular flexibility index (Phi) is 5.51. The van der Waals surface area contributed by atoms with Gasteiger partial charge >= 0.3 is 0 Å². The molecular weight excluding hydrogens is 306 g/mol.